The van der Waals surface area contributed by atoms with E-state index in [-0.39, 0.29) is 18.4 Å². The third kappa shape index (κ3) is 5.52. The van der Waals surface area contributed by atoms with Gasteiger partial charge in [-0.15, -0.1) is 0 Å². The van der Waals surface area contributed by atoms with E-state index in [9.17, 15) is 14.7 Å². The summed E-state index contributed by atoms with van der Waals surface area (Å²) in [6.07, 6.45) is -0.103. The summed E-state index contributed by atoms with van der Waals surface area (Å²) in [5.74, 6) is -1.54. The first-order valence-electron chi connectivity index (χ1n) is 6.31. The molecule has 1 atom stereocenters. The minimum Gasteiger partial charge on any atom is -0.544 e. The Kier molecular flexibility index (Phi) is 5.51. The van der Waals surface area contributed by atoms with Crippen LogP contribution in [0.5, 0.6) is 0 Å². The van der Waals surface area contributed by atoms with E-state index in [0.717, 1.165) is 5.56 Å². The molecule has 1 aromatic carbocycles. The molecule has 5 heteroatoms. The smallest absolute Gasteiger partial charge is 0.230 e. The Morgan fingerprint density at radius 1 is 1.37 bits per heavy atom. The first kappa shape index (κ1) is 15.2. The van der Waals surface area contributed by atoms with Crippen molar-refractivity contribution < 1.29 is 20.0 Å². The summed E-state index contributed by atoms with van der Waals surface area (Å²) in [5.41, 5.74) is 1.70. The molecular formula is C14H20N2O3. The Hall–Kier alpha value is -1.88. The van der Waals surface area contributed by atoms with E-state index >= 15 is 0 Å². The fraction of sp³-hybridized carbons (Fsp3) is 0.429. The maximum absolute atomic E-state index is 11.8. The molecule has 1 rings (SSSR count). The summed E-state index contributed by atoms with van der Waals surface area (Å²) in [6, 6.07) is 6.59. The van der Waals surface area contributed by atoms with E-state index in [0.29, 0.717) is 5.69 Å². The van der Waals surface area contributed by atoms with Crippen molar-refractivity contribution in [2.24, 2.45) is 0 Å². The Morgan fingerprint density at radius 2 is 2.05 bits per heavy atom. The van der Waals surface area contributed by atoms with Gasteiger partial charge in [0.15, 0.2) is 0 Å². The van der Waals surface area contributed by atoms with Crippen molar-refractivity contribution in [2.45, 2.75) is 39.3 Å². The fourth-order valence-corrected chi connectivity index (χ4v) is 1.83. The number of rotatable bonds is 6. The predicted molar refractivity (Wildman–Crippen MR) is 70.3 cm³/mol. The quantitative estimate of drug-likeness (QED) is 0.720. The number of hydrogen-bond acceptors (Lipinski definition) is 3. The van der Waals surface area contributed by atoms with E-state index in [2.05, 4.69) is 5.32 Å². The van der Waals surface area contributed by atoms with Crippen LogP contribution >= 0.6 is 0 Å². The monoisotopic (exact) mass is 264 g/mol. The van der Waals surface area contributed by atoms with Crippen molar-refractivity contribution in [3.05, 3.63) is 29.8 Å². The molecule has 0 spiro atoms. The lowest BCUT2D eigenvalue weighted by atomic mass is 10.1. The highest BCUT2D eigenvalue weighted by Gasteiger charge is 2.19. The van der Waals surface area contributed by atoms with Gasteiger partial charge < -0.3 is 20.5 Å². The SMILES string of the molecule is Cc1cccc(NC(=O)C[C@@H]([NH2+]C(C)C)C(=O)[O-])c1. The third-order valence-corrected chi connectivity index (χ3v) is 2.63. The number of anilines is 1. The molecule has 0 saturated carbocycles. The Balaban J connectivity index is 2.60. The number of nitrogens with one attached hydrogen (secondary N) is 1. The number of nitrogens with two attached hydrogens (primary N) is 1. The zero-order valence-corrected chi connectivity index (χ0v) is 11.5. The molecule has 104 valence electrons. The number of quaternary nitrogens is 1. The van der Waals surface area contributed by atoms with Crippen molar-refractivity contribution in [3.63, 3.8) is 0 Å². The standard InChI is InChI=1S/C14H20N2O3/c1-9(2)15-12(14(18)19)8-13(17)16-11-6-4-5-10(3)7-11/h4-7,9,12,15H,8H2,1-3H3,(H,16,17)(H,18,19)/t12-/m1/s1. The summed E-state index contributed by atoms with van der Waals surface area (Å²) >= 11 is 0. The number of benzene rings is 1. The van der Waals surface area contributed by atoms with Gasteiger partial charge >= 0.3 is 0 Å². The highest BCUT2D eigenvalue weighted by Crippen LogP contribution is 2.09. The van der Waals surface area contributed by atoms with Crippen molar-refractivity contribution in [3.8, 4) is 0 Å². The molecular weight excluding hydrogens is 244 g/mol. The van der Waals surface area contributed by atoms with Gasteiger partial charge in [0, 0.05) is 5.69 Å². The van der Waals surface area contributed by atoms with Crippen LogP contribution < -0.4 is 15.7 Å². The highest BCUT2D eigenvalue weighted by atomic mass is 16.4. The molecule has 0 aliphatic rings. The molecule has 0 heterocycles. The Morgan fingerprint density at radius 3 is 2.58 bits per heavy atom. The largest absolute Gasteiger partial charge is 0.544 e. The van der Waals surface area contributed by atoms with Gasteiger partial charge in [0.25, 0.3) is 0 Å². The van der Waals surface area contributed by atoms with E-state index in [1.165, 1.54) is 0 Å². The molecule has 3 N–H and O–H groups in total. The minimum atomic E-state index is -1.21. The lowest BCUT2D eigenvalue weighted by molar-refractivity contribution is -0.708. The van der Waals surface area contributed by atoms with Crippen LogP contribution in [-0.4, -0.2) is 24.0 Å². The molecule has 0 saturated heterocycles. The summed E-state index contributed by atoms with van der Waals surface area (Å²) in [7, 11) is 0. The van der Waals surface area contributed by atoms with Crippen molar-refractivity contribution in [2.75, 3.05) is 5.32 Å². The normalized spacial score (nSPS) is 12.2. The summed E-state index contributed by atoms with van der Waals surface area (Å²) < 4.78 is 0. The molecule has 0 fully saturated rings. The third-order valence-electron chi connectivity index (χ3n) is 2.63. The fourth-order valence-electron chi connectivity index (χ4n) is 1.83. The molecule has 0 unspecified atom stereocenters. The molecule has 0 radical (unpaired) electrons. The van der Waals surface area contributed by atoms with Crippen LogP contribution in [0.2, 0.25) is 0 Å². The molecule has 5 nitrogen and oxygen atoms in total. The van der Waals surface area contributed by atoms with Crippen molar-refractivity contribution >= 4 is 17.6 Å². The number of carboxylic acid groups (broad SMARTS) is 1. The van der Waals surface area contributed by atoms with E-state index < -0.39 is 12.0 Å². The van der Waals surface area contributed by atoms with Gasteiger partial charge in [-0.3, -0.25) is 4.79 Å². The molecule has 1 amide bonds. The first-order chi connectivity index (χ1) is 8.88. The highest BCUT2D eigenvalue weighted by molar-refractivity contribution is 5.93. The molecule has 0 aliphatic carbocycles. The first-order valence-corrected chi connectivity index (χ1v) is 6.31. The average Bonchev–Trinajstić information content (AvgIpc) is 2.27. The van der Waals surface area contributed by atoms with Crippen molar-refractivity contribution in [1.82, 2.24) is 0 Å². The van der Waals surface area contributed by atoms with Crippen LogP contribution in [0.15, 0.2) is 24.3 Å². The summed E-state index contributed by atoms with van der Waals surface area (Å²) in [4.78, 5) is 22.8. The molecule has 1 aromatic rings. The van der Waals surface area contributed by atoms with Crippen LogP contribution in [0.1, 0.15) is 25.8 Å². The number of carbonyl (C=O) groups is 2. The second kappa shape index (κ2) is 6.89. The minimum absolute atomic E-state index is 0.0923. The van der Waals surface area contributed by atoms with Crippen LogP contribution in [0.3, 0.4) is 0 Å². The second-order valence-corrected chi connectivity index (χ2v) is 4.98. The van der Waals surface area contributed by atoms with Gasteiger partial charge in [0.05, 0.1) is 18.4 Å². The van der Waals surface area contributed by atoms with Gasteiger partial charge in [-0.25, -0.2) is 0 Å². The topological polar surface area (TPSA) is 85.8 Å². The second-order valence-electron chi connectivity index (χ2n) is 4.98. The van der Waals surface area contributed by atoms with Gasteiger partial charge in [0.1, 0.15) is 6.04 Å². The summed E-state index contributed by atoms with van der Waals surface area (Å²) in [6.45, 7) is 5.66. The molecule has 0 bridgehead atoms. The van der Waals surface area contributed by atoms with Gasteiger partial charge in [-0.05, 0) is 38.5 Å². The number of carbonyl (C=O) groups excluding carboxylic acids is 2. The van der Waals surface area contributed by atoms with Gasteiger partial charge in [-0.2, -0.15) is 0 Å². The van der Waals surface area contributed by atoms with Crippen LogP contribution in [0.25, 0.3) is 0 Å². The average molecular weight is 264 g/mol. The van der Waals surface area contributed by atoms with Crippen molar-refractivity contribution in [1.29, 1.82) is 0 Å². The zero-order valence-electron chi connectivity index (χ0n) is 11.5. The maximum Gasteiger partial charge on any atom is 0.230 e. The molecule has 19 heavy (non-hydrogen) atoms. The lowest BCUT2D eigenvalue weighted by Gasteiger charge is -2.18. The Labute approximate surface area is 113 Å². The maximum atomic E-state index is 11.8. The molecule has 0 aliphatic heterocycles. The predicted octanol–water partition coefficient (Wildman–Crippen LogP) is -0.586. The van der Waals surface area contributed by atoms with E-state index in [1.807, 2.05) is 39.0 Å². The summed E-state index contributed by atoms with van der Waals surface area (Å²) in [5, 5.41) is 15.3. The van der Waals surface area contributed by atoms with Crippen LogP contribution in [0, 0.1) is 6.92 Å². The van der Waals surface area contributed by atoms with Crippen LogP contribution in [-0.2, 0) is 9.59 Å². The van der Waals surface area contributed by atoms with Gasteiger partial charge in [-0.1, -0.05) is 12.1 Å². The van der Waals surface area contributed by atoms with Gasteiger partial charge in [0.2, 0.25) is 5.91 Å². The zero-order chi connectivity index (χ0) is 14.4. The number of aryl methyl sites for hydroxylation is 1. The number of aliphatic carboxylic acids is 1. The lowest BCUT2D eigenvalue weighted by Crippen LogP contribution is -2.96. The van der Waals surface area contributed by atoms with E-state index in [4.69, 9.17) is 0 Å². The number of carboxylic acids is 1. The van der Waals surface area contributed by atoms with E-state index in [1.54, 1.807) is 11.4 Å². The number of amides is 1. The Bertz CT molecular complexity index is 458. The van der Waals surface area contributed by atoms with Crippen LogP contribution in [0.4, 0.5) is 5.69 Å². The molecule has 0 aromatic heterocycles. The number of hydrogen-bond donors (Lipinski definition) is 2.